The van der Waals surface area contributed by atoms with Crippen LogP contribution in [0.25, 0.3) is 10.2 Å². The van der Waals surface area contributed by atoms with E-state index in [2.05, 4.69) is 10.3 Å². The van der Waals surface area contributed by atoms with Crippen LogP contribution in [-0.2, 0) is 9.59 Å². The number of aromatic nitrogens is 1. The molecule has 2 rings (SSSR count). The topological polar surface area (TPSA) is 105 Å². The van der Waals surface area contributed by atoms with Crippen LogP contribution in [0.1, 0.15) is 0 Å². The molecule has 122 valence electrons. The van der Waals surface area contributed by atoms with Gasteiger partial charge in [0.15, 0.2) is 4.34 Å². The number of nitrogens with zero attached hydrogens (tertiary/aromatic N) is 3. The normalized spacial score (nSPS) is 10.5. The van der Waals surface area contributed by atoms with E-state index < -0.39 is 4.92 Å². The third kappa shape index (κ3) is 4.63. The number of thioether (sulfide) groups is 1. The quantitative estimate of drug-likeness (QED) is 0.479. The third-order valence-electron chi connectivity index (χ3n) is 2.83. The highest BCUT2D eigenvalue weighted by molar-refractivity contribution is 8.01. The molecule has 0 radical (unpaired) electrons. The van der Waals surface area contributed by atoms with Crippen LogP contribution in [0.5, 0.6) is 0 Å². The second-order valence-corrected chi connectivity index (χ2v) is 7.00. The van der Waals surface area contributed by atoms with Crippen molar-refractivity contribution in [1.82, 2.24) is 15.2 Å². The molecule has 0 saturated carbocycles. The Bertz CT molecular complexity index is 760. The first-order chi connectivity index (χ1) is 10.9. The van der Waals surface area contributed by atoms with E-state index in [4.69, 9.17) is 0 Å². The van der Waals surface area contributed by atoms with Gasteiger partial charge in [-0.25, -0.2) is 4.98 Å². The summed E-state index contributed by atoms with van der Waals surface area (Å²) in [6.45, 7) is -0.0432. The average Bonchev–Trinajstić information content (AvgIpc) is 2.92. The summed E-state index contributed by atoms with van der Waals surface area (Å²) in [6, 6.07) is 4.45. The molecule has 0 spiro atoms. The van der Waals surface area contributed by atoms with Gasteiger partial charge in [-0.15, -0.1) is 11.3 Å². The Morgan fingerprint density at radius 2 is 2.17 bits per heavy atom. The number of non-ortho nitro benzene ring substituents is 1. The summed E-state index contributed by atoms with van der Waals surface area (Å²) in [7, 11) is 3.23. The highest BCUT2D eigenvalue weighted by atomic mass is 32.2. The van der Waals surface area contributed by atoms with Crippen molar-refractivity contribution in [2.24, 2.45) is 0 Å². The summed E-state index contributed by atoms with van der Waals surface area (Å²) in [5, 5.41) is 13.3. The number of benzene rings is 1. The molecule has 10 heteroatoms. The number of hydrogen-bond acceptors (Lipinski definition) is 7. The molecule has 0 fully saturated rings. The average molecular weight is 354 g/mol. The molecule has 2 amide bonds. The minimum atomic E-state index is -0.457. The van der Waals surface area contributed by atoms with E-state index in [0.29, 0.717) is 14.6 Å². The molecule has 0 aliphatic carbocycles. The van der Waals surface area contributed by atoms with Crippen molar-refractivity contribution in [3.63, 3.8) is 0 Å². The molecule has 0 unspecified atom stereocenters. The maximum atomic E-state index is 11.7. The summed E-state index contributed by atoms with van der Waals surface area (Å²) in [4.78, 5) is 39.0. The number of carbonyl (C=O) groups excluding carboxylic acids is 2. The SMILES string of the molecule is CN(C)C(=O)CNC(=O)CSc1nc2ccc([N+](=O)[O-])cc2s1. The lowest BCUT2D eigenvalue weighted by molar-refractivity contribution is -0.384. The fourth-order valence-corrected chi connectivity index (χ4v) is 3.51. The number of nitro benzene ring substituents is 1. The van der Waals surface area contributed by atoms with Crippen molar-refractivity contribution in [2.75, 3.05) is 26.4 Å². The predicted octanol–water partition coefficient (Wildman–Crippen LogP) is 1.50. The number of likely N-dealkylation sites (N-methyl/N-ethyl adjacent to an activating group) is 1. The van der Waals surface area contributed by atoms with E-state index in [0.717, 1.165) is 0 Å². The molecular weight excluding hydrogens is 340 g/mol. The van der Waals surface area contributed by atoms with Crippen LogP contribution in [-0.4, -0.2) is 53.0 Å². The van der Waals surface area contributed by atoms with E-state index in [1.807, 2.05) is 0 Å². The van der Waals surface area contributed by atoms with Gasteiger partial charge in [-0.05, 0) is 6.07 Å². The number of nitro groups is 1. The Labute approximate surface area is 140 Å². The Morgan fingerprint density at radius 1 is 1.43 bits per heavy atom. The van der Waals surface area contributed by atoms with E-state index in [1.54, 1.807) is 20.2 Å². The number of thiazole rings is 1. The van der Waals surface area contributed by atoms with Crippen LogP contribution in [0.15, 0.2) is 22.5 Å². The van der Waals surface area contributed by atoms with Gasteiger partial charge < -0.3 is 10.2 Å². The van der Waals surface area contributed by atoms with Crippen LogP contribution in [0.3, 0.4) is 0 Å². The van der Waals surface area contributed by atoms with Crippen molar-refractivity contribution in [3.05, 3.63) is 28.3 Å². The van der Waals surface area contributed by atoms with Crippen LogP contribution < -0.4 is 5.32 Å². The van der Waals surface area contributed by atoms with Crippen LogP contribution in [0, 0.1) is 10.1 Å². The Hall–Kier alpha value is -2.20. The smallest absolute Gasteiger partial charge is 0.270 e. The zero-order valence-electron chi connectivity index (χ0n) is 12.4. The molecule has 1 aromatic heterocycles. The highest BCUT2D eigenvalue weighted by Gasteiger charge is 2.12. The van der Waals surface area contributed by atoms with E-state index in [-0.39, 0.29) is 29.8 Å². The van der Waals surface area contributed by atoms with Gasteiger partial charge in [0.2, 0.25) is 11.8 Å². The lowest BCUT2D eigenvalue weighted by atomic mass is 10.3. The lowest BCUT2D eigenvalue weighted by Crippen LogP contribution is -2.36. The molecule has 0 aliphatic rings. The first kappa shape index (κ1) is 17.2. The Morgan fingerprint density at radius 3 is 2.83 bits per heavy atom. The number of carbonyl (C=O) groups is 2. The minimum Gasteiger partial charge on any atom is -0.347 e. The van der Waals surface area contributed by atoms with Gasteiger partial charge in [-0.3, -0.25) is 19.7 Å². The number of fused-ring (bicyclic) bond motifs is 1. The molecule has 0 bridgehead atoms. The summed E-state index contributed by atoms with van der Waals surface area (Å²) in [5.74, 6) is -0.325. The monoisotopic (exact) mass is 354 g/mol. The lowest BCUT2D eigenvalue weighted by Gasteiger charge is -2.10. The standard InChI is InChI=1S/C13H14N4O4S2/c1-16(2)12(19)6-14-11(18)7-22-13-15-9-4-3-8(17(20)21)5-10(9)23-13/h3-5H,6-7H2,1-2H3,(H,14,18). The fourth-order valence-electron chi connectivity index (χ4n) is 1.58. The van der Waals surface area contributed by atoms with Gasteiger partial charge in [0.1, 0.15) is 0 Å². The molecule has 0 aliphatic heterocycles. The Kier molecular flexibility index (Phi) is 5.50. The molecule has 0 saturated heterocycles. The summed E-state index contributed by atoms with van der Waals surface area (Å²) < 4.78 is 1.35. The molecule has 0 atom stereocenters. The number of hydrogen-bond donors (Lipinski definition) is 1. The molecular formula is C13H14N4O4S2. The van der Waals surface area contributed by atoms with Gasteiger partial charge in [0, 0.05) is 26.2 Å². The molecule has 1 N–H and O–H groups in total. The summed E-state index contributed by atoms with van der Waals surface area (Å²) in [6.07, 6.45) is 0. The van der Waals surface area contributed by atoms with Gasteiger partial charge in [-0.1, -0.05) is 11.8 Å². The maximum Gasteiger partial charge on any atom is 0.270 e. The van der Waals surface area contributed by atoms with Gasteiger partial charge in [0.25, 0.3) is 5.69 Å². The van der Waals surface area contributed by atoms with Crippen molar-refractivity contribution in [3.8, 4) is 0 Å². The number of amides is 2. The first-order valence-electron chi connectivity index (χ1n) is 6.51. The second-order valence-electron chi connectivity index (χ2n) is 4.74. The van der Waals surface area contributed by atoms with Crippen LogP contribution in [0.4, 0.5) is 5.69 Å². The van der Waals surface area contributed by atoms with Crippen LogP contribution >= 0.6 is 23.1 Å². The highest BCUT2D eigenvalue weighted by Crippen LogP contribution is 2.31. The van der Waals surface area contributed by atoms with Crippen LogP contribution in [0.2, 0.25) is 0 Å². The van der Waals surface area contributed by atoms with Gasteiger partial charge in [0.05, 0.1) is 27.4 Å². The summed E-state index contributed by atoms with van der Waals surface area (Å²) >= 11 is 2.52. The Balaban J connectivity index is 1.93. The zero-order chi connectivity index (χ0) is 17.0. The van der Waals surface area contributed by atoms with Crippen molar-refractivity contribution in [2.45, 2.75) is 4.34 Å². The molecule has 1 heterocycles. The molecule has 2 aromatic rings. The van der Waals surface area contributed by atoms with Gasteiger partial charge >= 0.3 is 0 Å². The number of nitrogens with one attached hydrogen (secondary N) is 1. The zero-order valence-corrected chi connectivity index (χ0v) is 14.1. The minimum absolute atomic E-state index is 0.0117. The predicted molar refractivity (Wildman–Crippen MR) is 88.7 cm³/mol. The number of rotatable bonds is 6. The van der Waals surface area contributed by atoms with Crippen molar-refractivity contribution in [1.29, 1.82) is 0 Å². The maximum absolute atomic E-state index is 11.7. The molecule has 1 aromatic carbocycles. The molecule has 23 heavy (non-hydrogen) atoms. The van der Waals surface area contributed by atoms with Crippen molar-refractivity contribution >= 4 is 50.8 Å². The van der Waals surface area contributed by atoms with Crippen molar-refractivity contribution < 1.29 is 14.5 Å². The van der Waals surface area contributed by atoms with E-state index in [1.165, 1.54) is 40.1 Å². The fraction of sp³-hybridized carbons (Fsp3) is 0.308. The third-order valence-corrected chi connectivity index (χ3v) is 4.99. The summed E-state index contributed by atoms with van der Waals surface area (Å²) in [5.41, 5.74) is 0.670. The largest absolute Gasteiger partial charge is 0.347 e. The van der Waals surface area contributed by atoms with E-state index >= 15 is 0 Å². The molecule has 8 nitrogen and oxygen atoms in total. The first-order valence-corrected chi connectivity index (χ1v) is 8.31. The second kappa shape index (κ2) is 7.38. The van der Waals surface area contributed by atoms with Gasteiger partial charge in [-0.2, -0.15) is 0 Å². The van der Waals surface area contributed by atoms with E-state index in [9.17, 15) is 19.7 Å².